The second-order valence-corrected chi connectivity index (χ2v) is 5.79. The molecule has 1 aromatic rings. The quantitative estimate of drug-likeness (QED) is 0.854. The monoisotopic (exact) mass is 288 g/mol. The second kappa shape index (κ2) is 5.56. The van der Waals surface area contributed by atoms with Gasteiger partial charge >= 0.3 is 0 Å². The Labute approximate surface area is 101 Å². The molecule has 0 radical (unpaired) electrons. The first-order valence-electron chi connectivity index (χ1n) is 4.75. The van der Waals surface area contributed by atoms with E-state index in [1.807, 2.05) is 18.2 Å². The summed E-state index contributed by atoms with van der Waals surface area (Å²) >= 11 is 3.33. The number of carbonyl (C=O) groups excluding carboxylic acids is 1. The number of hydrogen-bond donors (Lipinski definition) is 0. The molecular formula is C11H13BrO2S. The Bertz CT molecular complexity index is 390. The van der Waals surface area contributed by atoms with E-state index in [4.69, 9.17) is 0 Å². The fraction of sp³-hybridized carbons (Fsp3) is 0.364. The van der Waals surface area contributed by atoms with Crippen LogP contribution in [0.25, 0.3) is 0 Å². The van der Waals surface area contributed by atoms with Crippen molar-refractivity contribution in [2.45, 2.75) is 30.4 Å². The molecule has 0 aliphatic heterocycles. The first kappa shape index (κ1) is 12.6. The van der Waals surface area contributed by atoms with Gasteiger partial charge in [-0.3, -0.25) is 9.00 Å². The molecule has 4 heteroatoms. The van der Waals surface area contributed by atoms with E-state index in [2.05, 4.69) is 15.9 Å². The van der Waals surface area contributed by atoms with Gasteiger partial charge in [0.15, 0.2) is 0 Å². The Kier molecular flexibility index (Phi) is 4.67. The average molecular weight is 289 g/mol. The Morgan fingerprint density at radius 1 is 1.47 bits per heavy atom. The zero-order chi connectivity index (χ0) is 11.4. The molecule has 0 aliphatic carbocycles. The van der Waals surface area contributed by atoms with Gasteiger partial charge in [-0.2, -0.15) is 0 Å². The highest BCUT2D eigenvalue weighted by atomic mass is 79.9. The molecule has 0 amide bonds. The first-order valence-corrected chi connectivity index (χ1v) is 6.76. The van der Waals surface area contributed by atoms with Crippen LogP contribution in [-0.2, 0) is 15.6 Å². The summed E-state index contributed by atoms with van der Waals surface area (Å²) in [6, 6.07) is 7.29. The van der Waals surface area contributed by atoms with Crippen molar-refractivity contribution in [2.75, 3.05) is 0 Å². The largest absolute Gasteiger partial charge is 0.298 e. The van der Waals surface area contributed by atoms with Crippen molar-refractivity contribution >= 4 is 32.5 Å². The van der Waals surface area contributed by atoms with Gasteiger partial charge in [0.05, 0.1) is 20.9 Å². The Hall–Kier alpha value is -0.480. The molecule has 0 aromatic heterocycles. The summed E-state index contributed by atoms with van der Waals surface area (Å²) in [5.41, 5.74) is 0. The minimum absolute atomic E-state index is 0.0316. The van der Waals surface area contributed by atoms with Gasteiger partial charge in [-0.25, -0.2) is 0 Å². The summed E-state index contributed by atoms with van der Waals surface area (Å²) in [5.74, 6) is 0.0316. The van der Waals surface area contributed by atoms with Crippen LogP contribution in [-0.4, -0.2) is 15.2 Å². The van der Waals surface area contributed by atoms with E-state index in [-0.39, 0.29) is 5.78 Å². The normalized spacial score (nSPS) is 14.6. The molecule has 0 saturated carbocycles. The van der Waals surface area contributed by atoms with Crippen molar-refractivity contribution < 1.29 is 9.00 Å². The van der Waals surface area contributed by atoms with Gasteiger partial charge in [0.2, 0.25) is 0 Å². The maximum Gasteiger partial charge on any atom is 0.148 e. The van der Waals surface area contributed by atoms with Gasteiger partial charge in [0.1, 0.15) is 5.78 Å². The highest BCUT2D eigenvalue weighted by Gasteiger charge is 2.20. The fourth-order valence-electron chi connectivity index (χ4n) is 1.21. The van der Waals surface area contributed by atoms with Crippen LogP contribution >= 0.6 is 15.9 Å². The van der Waals surface area contributed by atoms with Gasteiger partial charge < -0.3 is 0 Å². The molecule has 2 unspecified atom stereocenters. The fourth-order valence-corrected chi connectivity index (χ4v) is 3.23. The Balaban J connectivity index is 2.95. The van der Waals surface area contributed by atoms with Crippen LogP contribution in [0.15, 0.2) is 33.6 Å². The number of hydrogen-bond acceptors (Lipinski definition) is 2. The van der Waals surface area contributed by atoms with Gasteiger partial charge in [-0.15, -0.1) is 0 Å². The predicted octanol–water partition coefficient (Wildman–Crippen LogP) is 2.92. The second-order valence-electron chi connectivity index (χ2n) is 3.19. The summed E-state index contributed by atoms with van der Waals surface area (Å²) < 4.78 is 12.8. The standard InChI is InChI=1S/C11H13BrO2S/c1-3-10(13)8(2)15(14)11-7-5-4-6-9(11)12/h4-8H,3H2,1-2H3. The molecule has 1 rings (SSSR count). The summed E-state index contributed by atoms with van der Waals surface area (Å²) in [6.07, 6.45) is 0.428. The molecule has 0 saturated heterocycles. The van der Waals surface area contributed by atoms with E-state index in [1.165, 1.54) is 0 Å². The number of halogens is 1. The third kappa shape index (κ3) is 2.98. The van der Waals surface area contributed by atoms with Crippen molar-refractivity contribution in [1.82, 2.24) is 0 Å². The van der Waals surface area contributed by atoms with Crippen LogP contribution in [0, 0.1) is 0 Å². The highest BCUT2D eigenvalue weighted by Crippen LogP contribution is 2.22. The molecule has 2 nitrogen and oxygen atoms in total. The van der Waals surface area contributed by atoms with Crippen molar-refractivity contribution in [3.8, 4) is 0 Å². The predicted molar refractivity (Wildman–Crippen MR) is 65.3 cm³/mol. The number of carbonyl (C=O) groups is 1. The zero-order valence-corrected chi connectivity index (χ0v) is 11.1. The molecule has 15 heavy (non-hydrogen) atoms. The minimum atomic E-state index is -1.27. The van der Waals surface area contributed by atoms with Crippen molar-refractivity contribution in [3.63, 3.8) is 0 Å². The molecule has 0 bridgehead atoms. The number of Topliss-reactive ketones (excluding diaryl/α,β-unsaturated/α-hetero) is 1. The van der Waals surface area contributed by atoms with Crippen molar-refractivity contribution in [3.05, 3.63) is 28.7 Å². The molecule has 1 aromatic carbocycles. The van der Waals surface area contributed by atoms with Crippen LogP contribution in [0.1, 0.15) is 20.3 Å². The third-order valence-corrected chi connectivity index (χ3v) is 4.82. The maximum absolute atomic E-state index is 12.0. The molecule has 0 aliphatic rings. The van der Waals surface area contributed by atoms with Crippen LogP contribution in [0.4, 0.5) is 0 Å². The van der Waals surface area contributed by atoms with E-state index >= 15 is 0 Å². The van der Waals surface area contributed by atoms with E-state index in [0.717, 1.165) is 4.47 Å². The van der Waals surface area contributed by atoms with Crippen LogP contribution in [0.2, 0.25) is 0 Å². The van der Waals surface area contributed by atoms with E-state index in [0.29, 0.717) is 11.3 Å². The van der Waals surface area contributed by atoms with Crippen LogP contribution in [0.3, 0.4) is 0 Å². The zero-order valence-electron chi connectivity index (χ0n) is 8.70. The first-order chi connectivity index (χ1) is 7.07. The van der Waals surface area contributed by atoms with E-state index in [9.17, 15) is 9.00 Å². The number of benzene rings is 1. The van der Waals surface area contributed by atoms with Gasteiger partial charge in [-0.05, 0) is 35.0 Å². The molecule has 0 fully saturated rings. The summed E-state index contributed by atoms with van der Waals surface area (Å²) in [6.45, 7) is 3.50. The third-order valence-electron chi connectivity index (χ3n) is 2.18. The lowest BCUT2D eigenvalue weighted by atomic mass is 10.2. The molecular weight excluding hydrogens is 276 g/mol. The molecule has 0 N–H and O–H groups in total. The highest BCUT2D eigenvalue weighted by molar-refractivity contribution is 9.10. The van der Waals surface area contributed by atoms with E-state index in [1.54, 1.807) is 19.9 Å². The van der Waals surface area contributed by atoms with Crippen LogP contribution in [0.5, 0.6) is 0 Å². The maximum atomic E-state index is 12.0. The molecule has 0 spiro atoms. The summed E-state index contributed by atoms with van der Waals surface area (Å²) in [7, 11) is -1.27. The van der Waals surface area contributed by atoms with Gasteiger partial charge in [0, 0.05) is 10.9 Å². The lowest BCUT2D eigenvalue weighted by molar-refractivity contribution is -0.118. The smallest absolute Gasteiger partial charge is 0.148 e. The van der Waals surface area contributed by atoms with E-state index < -0.39 is 16.0 Å². The molecule has 82 valence electrons. The number of rotatable bonds is 4. The lowest BCUT2D eigenvalue weighted by Crippen LogP contribution is -2.21. The van der Waals surface area contributed by atoms with Gasteiger partial charge in [-0.1, -0.05) is 19.1 Å². The summed E-state index contributed by atoms with van der Waals surface area (Å²) in [5, 5.41) is -0.436. The average Bonchev–Trinajstić information content (AvgIpc) is 2.26. The Morgan fingerprint density at radius 2 is 2.07 bits per heavy atom. The van der Waals surface area contributed by atoms with Crippen molar-refractivity contribution in [1.29, 1.82) is 0 Å². The SMILES string of the molecule is CCC(=O)C(C)S(=O)c1ccccc1Br. The van der Waals surface area contributed by atoms with Crippen molar-refractivity contribution in [2.24, 2.45) is 0 Å². The van der Waals surface area contributed by atoms with Crippen LogP contribution < -0.4 is 0 Å². The minimum Gasteiger partial charge on any atom is -0.298 e. The van der Waals surface area contributed by atoms with Gasteiger partial charge in [0.25, 0.3) is 0 Å². The number of ketones is 1. The molecule has 2 atom stereocenters. The topological polar surface area (TPSA) is 34.1 Å². The lowest BCUT2D eigenvalue weighted by Gasteiger charge is -2.10. The Morgan fingerprint density at radius 3 is 2.60 bits per heavy atom. The molecule has 0 heterocycles. The summed E-state index contributed by atoms with van der Waals surface area (Å²) in [4.78, 5) is 12.1.